The molecule has 0 fully saturated rings. The van der Waals surface area contributed by atoms with Crippen molar-refractivity contribution in [3.8, 4) is 0 Å². The van der Waals surface area contributed by atoms with Crippen molar-refractivity contribution in [1.82, 2.24) is 4.97 Å². The lowest BCUT2D eigenvalue weighted by atomic mass is 9.80. The molecule has 0 bridgehead atoms. The highest BCUT2D eigenvalue weighted by atomic mass is 16.7. The van der Waals surface area contributed by atoms with Crippen molar-refractivity contribution in [2.45, 2.75) is 174 Å². The van der Waals surface area contributed by atoms with Crippen LogP contribution in [-0.4, -0.2) is 163 Å². The Morgan fingerprint density at radius 1 is 0.394 bits per heavy atom. The number of hydrogen-bond acceptors (Lipinski definition) is 17. The Bertz CT molecular complexity index is 1500. The first-order valence-electron chi connectivity index (χ1n) is 24.2. The Kier molecular flexibility index (Phi) is 30.5. The van der Waals surface area contributed by atoms with Crippen LogP contribution in [0.3, 0.4) is 0 Å². The molecule has 0 aromatic rings. The number of hydroxylamine groups is 1. The van der Waals surface area contributed by atoms with Gasteiger partial charge in [-0.1, -0.05) is 26.3 Å². The fraction of sp³-hybridized carbons (Fsp3) is 0.769. The average molecular weight is 1010 g/mol. The second-order valence-corrected chi connectivity index (χ2v) is 21.5. The molecule has 0 aliphatic rings. The summed E-state index contributed by atoms with van der Waals surface area (Å²) >= 11 is 0. The normalized spacial score (nSPS) is 13.8. The van der Waals surface area contributed by atoms with Crippen LogP contribution < -0.4 is 0 Å². The summed E-state index contributed by atoms with van der Waals surface area (Å²) in [4.78, 5) is 53.7. The maximum absolute atomic E-state index is 11.6. The minimum absolute atomic E-state index is 0.0484. The Hall–Kier alpha value is -3.39. The van der Waals surface area contributed by atoms with Crippen LogP contribution in [0.5, 0.6) is 0 Å². The lowest BCUT2D eigenvalue weighted by Gasteiger charge is -2.41. The highest BCUT2D eigenvalue weighted by Gasteiger charge is 2.40. The molecule has 19 heteroatoms. The van der Waals surface area contributed by atoms with E-state index >= 15 is 0 Å². The summed E-state index contributed by atoms with van der Waals surface area (Å²) in [5, 5.41) is 0. The Morgan fingerprint density at radius 3 is 0.986 bits per heavy atom. The topological polar surface area (TPSA) is 182 Å². The molecule has 404 valence electrons. The molecule has 0 rings (SSSR count). The number of carbonyl (C=O) groups is 4. The zero-order chi connectivity index (χ0) is 54.6. The summed E-state index contributed by atoms with van der Waals surface area (Å²) in [6.45, 7) is 40.0. The van der Waals surface area contributed by atoms with Gasteiger partial charge >= 0.3 is 23.9 Å². The first-order chi connectivity index (χ1) is 32.7. The lowest BCUT2D eigenvalue weighted by molar-refractivity contribution is -0.232. The summed E-state index contributed by atoms with van der Waals surface area (Å²) in [5.41, 5.74) is -6.26. The van der Waals surface area contributed by atoms with Gasteiger partial charge in [0.15, 0.2) is 0 Å². The summed E-state index contributed by atoms with van der Waals surface area (Å²) in [7, 11) is 12.8. The van der Waals surface area contributed by atoms with E-state index in [1.807, 2.05) is 83.1 Å². The Labute approximate surface area is 429 Å². The predicted octanol–water partition coefficient (Wildman–Crippen LogP) is 7.57. The van der Waals surface area contributed by atoms with Gasteiger partial charge in [-0.2, -0.15) is 0 Å². The molecule has 0 saturated heterocycles. The van der Waals surface area contributed by atoms with Crippen LogP contribution in [0.15, 0.2) is 50.6 Å². The fourth-order valence-electron chi connectivity index (χ4n) is 5.75. The molecule has 0 aromatic carbocycles. The van der Waals surface area contributed by atoms with Gasteiger partial charge in [-0.25, -0.2) is 24.2 Å². The number of carbonyl (C=O) groups excluding carboxylic acids is 4. The molecule has 0 aliphatic heterocycles. The molecule has 0 heterocycles. The van der Waals surface area contributed by atoms with Gasteiger partial charge in [0.1, 0.15) is 14.6 Å². The van der Waals surface area contributed by atoms with Crippen molar-refractivity contribution < 1.29 is 76.1 Å². The highest BCUT2D eigenvalue weighted by Crippen LogP contribution is 2.32. The molecule has 1 atom stereocenters. The highest BCUT2D eigenvalue weighted by molar-refractivity contribution is 6.14. The number of hydrogen-bond donors (Lipinski definition) is 0. The summed E-state index contributed by atoms with van der Waals surface area (Å²) in [6, 6.07) is 0. The van der Waals surface area contributed by atoms with Crippen LogP contribution in [0.25, 0.3) is 0 Å². The van der Waals surface area contributed by atoms with Crippen LogP contribution in [0.1, 0.15) is 135 Å². The second kappa shape index (κ2) is 32.0. The largest absolute Gasteiger partial charge is 0.462 e. The van der Waals surface area contributed by atoms with Crippen LogP contribution in [0.2, 0.25) is 0 Å². The smallest absolute Gasteiger partial charge is 0.330 e. The van der Waals surface area contributed by atoms with Crippen molar-refractivity contribution in [3.05, 3.63) is 50.6 Å². The van der Waals surface area contributed by atoms with E-state index in [0.717, 1.165) is 29.3 Å². The number of rotatable bonds is 43. The molecule has 17 nitrogen and oxygen atoms in total. The van der Waals surface area contributed by atoms with E-state index in [1.165, 1.54) is 0 Å². The molecular formula is C52H89B2NO16. The van der Waals surface area contributed by atoms with Gasteiger partial charge in [0.25, 0.3) is 0 Å². The first-order valence-corrected chi connectivity index (χ1v) is 24.2. The van der Waals surface area contributed by atoms with Crippen LogP contribution in [-0.2, 0) is 76.1 Å². The maximum Gasteiger partial charge on any atom is 0.330 e. The van der Waals surface area contributed by atoms with Crippen LogP contribution >= 0.6 is 0 Å². The van der Waals surface area contributed by atoms with Gasteiger partial charge in [-0.3, -0.25) is 0 Å². The summed E-state index contributed by atoms with van der Waals surface area (Å²) < 4.78 is 65.5. The van der Waals surface area contributed by atoms with Crippen molar-refractivity contribution in [1.29, 1.82) is 0 Å². The molecule has 1 unspecified atom stereocenters. The molecular weight excluding hydrogens is 916 g/mol. The van der Waals surface area contributed by atoms with Crippen molar-refractivity contribution in [2.24, 2.45) is 5.41 Å². The zero-order valence-electron chi connectivity index (χ0n) is 45.7. The van der Waals surface area contributed by atoms with Gasteiger partial charge in [-0.05, 0) is 109 Å². The lowest BCUT2D eigenvalue weighted by Crippen LogP contribution is -2.49. The van der Waals surface area contributed by atoms with Gasteiger partial charge in [0.05, 0.1) is 105 Å². The molecule has 4 radical (unpaired) electrons. The number of nitrogens with zero attached hydrogens (tertiary/aromatic N) is 1. The molecule has 0 aliphatic carbocycles. The molecule has 0 aromatic heterocycles. The van der Waals surface area contributed by atoms with E-state index in [1.54, 1.807) is 6.92 Å². The Balaban J connectivity index is 6.62. The van der Waals surface area contributed by atoms with E-state index in [2.05, 4.69) is 26.3 Å². The van der Waals surface area contributed by atoms with Gasteiger partial charge < -0.3 is 56.9 Å². The SMILES string of the molecule is [B]N(COC(C)(C)CCOC(=O)C=C)OCC(COC(C)(C)CCOC([B])(C)CCOC(=O)C=C)(COC(C)(C)CCOC(C)(C)CCOC(=O)C=C)COC(C)(C)CCOC(C)(C)CCOC(=O)C=C. The average Bonchev–Trinajstić information content (AvgIpc) is 3.26. The van der Waals surface area contributed by atoms with E-state index in [9.17, 15) is 19.2 Å². The molecule has 0 N–H and O–H groups in total. The molecule has 0 amide bonds. The van der Waals surface area contributed by atoms with E-state index in [-0.39, 0.29) is 72.6 Å². The van der Waals surface area contributed by atoms with Crippen molar-refractivity contribution in [2.75, 3.05) is 79.4 Å². The number of ether oxygens (including phenoxy) is 11. The zero-order valence-corrected chi connectivity index (χ0v) is 45.7. The van der Waals surface area contributed by atoms with Crippen molar-refractivity contribution in [3.63, 3.8) is 0 Å². The maximum atomic E-state index is 11.6. The quantitative estimate of drug-likeness (QED) is 0.0146. The number of esters is 4. The molecule has 0 saturated carbocycles. The van der Waals surface area contributed by atoms with E-state index < -0.39 is 68.4 Å². The van der Waals surface area contributed by atoms with Gasteiger partial charge in [0, 0.05) is 62.1 Å². The molecule has 0 spiro atoms. The second-order valence-electron chi connectivity index (χ2n) is 21.5. The third-order valence-corrected chi connectivity index (χ3v) is 11.3. The predicted molar refractivity (Wildman–Crippen MR) is 273 cm³/mol. The summed E-state index contributed by atoms with van der Waals surface area (Å²) in [6.07, 6.45) is 7.43. The third-order valence-electron chi connectivity index (χ3n) is 11.3. The monoisotopic (exact) mass is 1010 g/mol. The third kappa shape index (κ3) is 34.6. The van der Waals surface area contributed by atoms with E-state index in [0.29, 0.717) is 51.7 Å². The summed E-state index contributed by atoms with van der Waals surface area (Å²) in [5.74, 6) is -2.07. The fourth-order valence-corrected chi connectivity index (χ4v) is 5.75. The first kappa shape index (κ1) is 67.6. The van der Waals surface area contributed by atoms with Crippen LogP contribution in [0, 0.1) is 5.41 Å². The minimum atomic E-state index is -1.08. The molecule has 71 heavy (non-hydrogen) atoms. The van der Waals surface area contributed by atoms with Gasteiger partial charge in [-0.15, -0.1) is 0 Å². The standard InChI is InChI=1S/C52H89B2NO16/c1-18-41(56)60-29-22-45(5,6)64-33-25-47(9,10)67-36-52(39-71-55(54)40-70-50(15,16)24-31-62-43(58)20-3,37-68-48(11,12)26-34-65-46(7,8)23-30-61-42(57)19-2)38-69-49(13,14)27-35-66-51(17,53)28-32-63-44(59)21-4/h18-21H,1-4,22-40H2,5-17H3. The Morgan fingerprint density at radius 2 is 0.662 bits per heavy atom. The minimum Gasteiger partial charge on any atom is -0.462 e. The van der Waals surface area contributed by atoms with Crippen LogP contribution in [0.4, 0.5) is 0 Å². The van der Waals surface area contributed by atoms with Gasteiger partial charge in [0.2, 0.25) is 7.98 Å². The van der Waals surface area contributed by atoms with Crippen molar-refractivity contribution >= 4 is 39.7 Å². The van der Waals surface area contributed by atoms with E-state index in [4.69, 9.17) is 72.8 Å².